The van der Waals surface area contributed by atoms with Gasteiger partial charge in [-0.15, -0.1) is 0 Å². The van der Waals surface area contributed by atoms with E-state index in [1.807, 2.05) is 0 Å². The summed E-state index contributed by atoms with van der Waals surface area (Å²) in [5.74, 6) is 0.280. The van der Waals surface area contributed by atoms with Gasteiger partial charge in [-0.05, 0) is 43.4 Å². The Labute approximate surface area is 113 Å². The second-order valence-corrected chi connectivity index (χ2v) is 5.22. The van der Waals surface area contributed by atoms with Crippen LogP contribution < -0.4 is 5.32 Å². The van der Waals surface area contributed by atoms with Crippen molar-refractivity contribution < 1.29 is 14.2 Å². The van der Waals surface area contributed by atoms with Gasteiger partial charge in [-0.25, -0.2) is 4.39 Å². The average Bonchev–Trinajstić information content (AvgIpc) is 2.45. The van der Waals surface area contributed by atoms with Gasteiger partial charge in [-0.1, -0.05) is 12.1 Å². The third kappa shape index (κ3) is 4.27. The Bertz CT molecular complexity index is 393. The van der Waals surface area contributed by atoms with Crippen molar-refractivity contribution in [1.82, 2.24) is 5.32 Å². The molecule has 1 aliphatic rings. The number of aliphatic hydroxyl groups excluding tert-OH is 1. The molecule has 0 saturated carbocycles. The van der Waals surface area contributed by atoms with Crippen LogP contribution in [0, 0.1) is 11.7 Å². The lowest BCUT2D eigenvalue weighted by Gasteiger charge is -2.29. The lowest BCUT2D eigenvalue weighted by Crippen LogP contribution is -2.38. The van der Waals surface area contributed by atoms with Crippen LogP contribution in [0.25, 0.3) is 0 Å². The van der Waals surface area contributed by atoms with Gasteiger partial charge in [0.15, 0.2) is 0 Å². The molecular formula is C15H22FNO2. The normalized spacial score (nSPS) is 20.2. The van der Waals surface area contributed by atoms with Crippen LogP contribution in [0.5, 0.6) is 0 Å². The molecule has 2 unspecified atom stereocenters. The van der Waals surface area contributed by atoms with Gasteiger partial charge >= 0.3 is 0 Å². The van der Waals surface area contributed by atoms with E-state index in [0.29, 0.717) is 24.1 Å². The molecule has 1 saturated heterocycles. The molecule has 0 spiro atoms. The van der Waals surface area contributed by atoms with Gasteiger partial charge in [0.1, 0.15) is 5.82 Å². The average molecular weight is 267 g/mol. The van der Waals surface area contributed by atoms with Gasteiger partial charge in [-0.2, -0.15) is 0 Å². The van der Waals surface area contributed by atoms with E-state index in [-0.39, 0.29) is 5.82 Å². The predicted molar refractivity (Wildman–Crippen MR) is 72.4 cm³/mol. The first-order valence-electron chi connectivity index (χ1n) is 6.91. The molecule has 0 radical (unpaired) electrons. The van der Waals surface area contributed by atoms with Crippen molar-refractivity contribution in [1.29, 1.82) is 0 Å². The highest BCUT2D eigenvalue weighted by molar-refractivity contribution is 5.18. The van der Waals surface area contributed by atoms with Crippen molar-refractivity contribution >= 4 is 0 Å². The molecule has 4 heteroatoms. The second-order valence-electron chi connectivity index (χ2n) is 5.22. The molecule has 0 aliphatic carbocycles. The number of hydrogen-bond donors (Lipinski definition) is 2. The van der Waals surface area contributed by atoms with E-state index in [0.717, 1.165) is 26.1 Å². The van der Waals surface area contributed by atoms with Crippen molar-refractivity contribution in [3.63, 3.8) is 0 Å². The Morgan fingerprint density at radius 1 is 1.42 bits per heavy atom. The maximum atomic E-state index is 13.1. The van der Waals surface area contributed by atoms with Crippen LogP contribution in [0.4, 0.5) is 4.39 Å². The molecule has 0 amide bonds. The highest BCUT2D eigenvalue weighted by atomic mass is 19.1. The number of benzene rings is 1. The summed E-state index contributed by atoms with van der Waals surface area (Å²) in [6, 6.07) is 6.47. The highest BCUT2D eigenvalue weighted by Crippen LogP contribution is 2.19. The van der Waals surface area contributed by atoms with Gasteiger partial charge < -0.3 is 15.2 Å². The molecule has 2 N–H and O–H groups in total. The van der Waals surface area contributed by atoms with E-state index in [9.17, 15) is 9.50 Å². The van der Waals surface area contributed by atoms with Crippen LogP contribution in [0.1, 0.15) is 31.4 Å². The molecule has 1 fully saturated rings. The molecule has 1 aromatic rings. The summed E-state index contributed by atoms with van der Waals surface area (Å²) in [6.45, 7) is 4.22. The van der Waals surface area contributed by atoms with Gasteiger partial charge in [0.05, 0.1) is 6.10 Å². The highest BCUT2D eigenvalue weighted by Gasteiger charge is 2.20. The summed E-state index contributed by atoms with van der Waals surface area (Å²) >= 11 is 0. The molecule has 1 aliphatic heterocycles. The lowest BCUT2D eigenvalue weighted by molar-refractivity contribution is 0.0536. The first-order valence-corrected chi connectivity index (χ1v) is 6.91. The minimum atomic E-state index is -0.669. The number of halogens is 1. The fraction of sp³-hybridized carbons (Fsp3) is 0.600. The van der Waals surface area contributed by atoms with Crippen molar-refractivity contribution in [2.75, 3.05) is 19.8 Å². The van der Waals surface area contributed by atoms with Gasteiger partial charge in [0.25, 0.3) is 0 Å². The van der Waals surface area contributed by atoms with Crippen LogP contribution in [-0.4, -0.2) is 30.9 Å². The lowest BCUT2D eigenvalue weighted by atomic mass is 9.93. The van der Waals surface area contributed by atoms with Crippen molar-refractivity contribution in [3.05, 3.63) is 35.6 Å². The predicted octanol–water partition coefficient (Wildman–Crippen LogP) is 2.26. The summed E-state index contributed by atoms with van der Waals surface area (Å²) in [5.41, 5.74) is 0.617. The number of hydrogen-bond acceptors (Lipinski definition) is 3. The Morgan fingerprint density at radius 2 is 2.16 bits per heavy atom. The molecule has 106 valence electrons. The number of rotatable bonds is 5. The van der Waals surface area contributed by atoms with E-state index < -0.39 is 6.10 Å². The van der Waals surface area contributed by atoms with Crippen molar-refractivity contribution in [2.45, 2.75) is 31.9 Å². The number of nitrogens with one attached hydrogen (secondary N) is 1. The topological polar surface area (TPSA) is 41.5 Å². The van der Waals surface area contributed by atoms with E-state index in [1.54, 1.807) is 12.1 Å². The molecule has 3 nitrogen and oxygen atoms in total. The molecule has 2 atom stereocenters. The van der Waals surface area contributed by atoms with E-state index in [2.05, 4.69) is 12.2 Å². The molecule has 0 bridgehead atoms. The van der Waals surface area contributed by atoms with Crippen molar-refractivity contribution in [3.8, 4) is 0 Å². The largest absolute Gasteiger partial charge is 0.387 e. The summed E-state index contributed by atoms with van der Waals surface area (Å²) in [6.07, 6.45) is 1.45. The summed E-state index contributed by atoms with van der Waals surface area (Å²) in [7, 11) is 0. The van der Waals surface area contributed by atoms with Crippen molar-refractivity contribution in [2.24, 2.45) is 5.92 Å². The Hall–Kier alpha value is -0.970. The zero-order chi connectivity index (χ0) is 13.7. The summed E-state index contributed by atoms with van der Waals surface area (Å²) in [5, 5.41) is 13.4. The van der Waals surface area contributed by atoms with Gasteiger partial charge in [0, 0.05) is 25.8 Å². The van der Waals surface area contributed by atoms with Gasteiger partial charge in [0.2, 0.25) is 0 Å². The monoisotopic (exact) mass is 267 g/mol. The third-order valence-electron chi connectivity index (χ3n) is 3.84. The zero-order valence-electron chi connectivity index (χ0n) is 11.3. The maximum Gasteiger partial charge on any atom is 0.123 e. The SMILES string of the molecule is CC(NCC(O)c1cccc(F)c1)C1CCOCC1. The fourth-order valence-corrected chi connectivity index (χ4v) is 2.51. The molecule has 2 rings (SSSR count). The van der Waals surface area contributed by atoms with E-state index in [1.165, 1.54) is 12.1 Å². The van der Waals surface area contributed by atoms with E-state index in [4.69, 9.17) is 4.74 Å². The van der Waals surface area contributed by atoms with Gasteiger partial charge in [-0.3, -0.25) is 0 Å². The Morgan fingerprint density at radius 3 is 2.84 bits per heavy atom. The summed E-state index contributed by atoms with van der Waals surface area (Å²) < 4.78 is 18.4. The number of ether oxygens (including phenoxy) is 1. The second kappa shape index (κ2) is 6.98. The third-order valence-corrected chi connectivity index (χ3v) is 3.84. The van der Waals surface area contributed by atoms with Crippen LogP contribution in [-0.2, 0) is 4.74 Å². The fourth-order valence-electron chi connectivity index (χ4n) is 2.51. The minimum Gasteiger partial charge on any atom is -0.387 e. The van der Waals surface area contributed by atoms with Crippen LogP contribution in [0.2, 0.25) is 0 Å². The molecular weight excluding hydrogens is 245 g/mol. The standard InChI is InChI=1S/C15H22FNO2/c1-11(12-5-7-19-8-6-12)17-10-15(18)13-3-2-4-14(16)9-13/h2-4,9,11-12,15,17-18H,5-8,10H2,1H3. The molecule has 1 aromatic carbocycles. The Kier molecular flexibility index (Phi) is 5.31. The van der Waals surface area contributed by atoms with Crippen LogP contribution >= 0.6 is 0 Å². The van der Waals surface area contributed by atoms with Crippen LogP contribution in [0.3, 0.4) is 0 Å². The number of aliphatic hydroxyl groups is 1. The molecule has 1 heterocycles. The van der Waals surface area contributed by atoms with E-state index >= 15 is 0 Å². The minimum absolute atomic E-state index is 0.311. The summed E-state index contributed by atoms with van der Waals surface area (Å²) in [4.78, 5) is 0. The zero-order valence-corrected chi connectivity index (χ0v) is 11.3. The molecule has 0 aromatic heterocycles. The quantitative estimate of drug-likeness (QED) is 0.860. The molecule has 19 heavy (non-hydrogen) atoms. The maximum absolute atomic E-state index is 13.1. The first kappa shape index (κ1) is 14.4. The van der Waals surface area contributed by atoms with Crippen LogP contribution in [0.15, 0.2) is 24.3 Å². The smallest absolute Gasteiger partial charge is 0.123 e. The first-order chi connectivity index (χ1) is 9.16. The Balaban J connectivity index is 1.80.